The molecule has 0 fully saturated rings. The van der Waals surface area contributed by atoms with Crippen LogP contribution in [0.15, 0.2) is 54.6 Å². The molecule has 0 aliphatic carbocycles. The van der Waals surface area contributed by atoms with Crippen molar-refractivity contribution in [1.82, 2.24) is 4.98 Å². The van der Waals surface area contributed by atoms with E-state index in [4.69, 9.17) is 11.6 Å². The number of aromatic nitrogens is 2. The van der Waals surface area contributed by atoms with Crippen LogP contribution in [0.5, 0.6) is 0 Å². The van der Waals surface area contributed by atoms with E-state index in [0.717, 1.165) is 11.4 Å². The predicted molar refractivity (Wildman–Crippen MR) is 74.1 cm³/mol. The van der Waals surface area contributed by atoms with Crippen LogP contribution in [-0.2, 0) is 0 Å². The van der Waals surface area contributed by atoms with Gasteiger partial charge in [0.2, 0.25) is 0 Å². The number of nitrogens with zero attached hydrogens (tertiary/aromatic N) is 1. The number of hydrogen-bond donors (Lipinski definition) is 0. The minimum absolute atomic E-state index is 0.210. The summed E-state index contributed by atoms with van der Waals surface area (Å²) in [5.41, 5.74) is 4.57. The Morgan fingerprint density at radius 2 is 1.70 bits per heavy atom. The molecule has 1 N–H and O–H groups in total. The van der Waals surface area contributed by atoms with Crippen LogP contribution in [0.2, 0.25) is 5.28 Å². The fourth-order valence-electron chi connectivity index (χ4n) is 2.36. The fourth-order valence-corrected chi connectivity index (χ4v) is 5.62. The van der Waals surface area contributed by atoms with Crippen LogP contribution >= 0.6 is 11.6 Å². The van der Waals surface area contributed by atoms with Crippen LogP contribution in [0.3, 0.4) is 0 Å². The number of fused-ring (bicyclic) bond motifs is 3. The molecular formula is C16H10ClIN2. The molecule has 1 aliphatic heterocycles. The van der Waals surface area contributed by atoms with Crippen LogP contribution in [0, 0.1) is 7.14 Å². The molecule has 3 aromatic rings. The van der Waals surface area contributed by atoms with Crippen LogP contribution in [-0.4, -0.2) is 4.98 Å². The monoisotopic (exact) mass is 392 g/mol. The van der Waals surface area contributed by atoms with Gasteiger partial charge in [-0.25, -0.2) is 0 Å². The summed E-state index contributed by atoms with van der Waals surface area (Å²) in [5.74, 6) is 0. The number of halogens is 2. The molecule has 98 valence electrons. The van der Waals surface area contributed by atoms with Crippen molar-refractivity contribution in [2.24, 2.45) is 0 Å². The molecule has 0 amide bonds. The molecule has 4 heteroatoms. The number of H-pyrrole nitrogens is 1. The third-order valence-corrected chi connectivity index (χ3v) is 6.54. The van der Waals surface area contributed by atoms with Crippen LogP contribution < -0.4 is 26.2 Å². The molecule has 2 heterocycles. The van der Waals surface area contributed by atoms with Gasteiger partial charge in [0.15, 0.2) is 0 Å². The van der Waals surface area contributed by atoms with Gasteiger partial charge in [-0.1, -0.05) is 0 Å². The van der Waals surface area contributed by atoms with Gasteiger partial charge in [-0.05, 0) is 0 Å². The number of nitrogens with one attached hydrogen (secondary N) is 1. The van der Waals surface area contributed by atoms with E-state index in [1.54, 1.807) is 0 Å². The maximum atomic E-state index is 6.19. The van der Waals surface area contributed by atoms with Gasteiger partial charge < -0.3 is 0 Å². The van der Waals surface area contributed by atoms with E-state index >= 15 is 0 Å². The Morgan fingerprint density at radius 1 is 0.950 bits per heavy atom. The molecule has 1 aliphatic rings. The van der Waals surface area contributed by atoms with Crippen molar-refractivity contribution in [3.63, 3.8) is 0 Å². The van der Waals surface area contributed by atoms with E-state index < -0.39 is 0 Å². The molecule has 2 aromatic carbocycles. The van der Waals surface area contributed by atoms with Crippen LogP contribution in [0.25, 0.3) is 22.5 Å². The van der Waals surface area contributed by atoms with Crippen molar-refractivity contribution in [3.05, 3.63) is 67.0 Å². The predicted octanol–water partition coefficient (Wildman–Crippen LogP) is 0.325. The molecule has 0 unspecified atom stereocenters. The molecule has 1 aromatic heterocycles. The SMILES string of the molecule is Clc1nc2c(c(-c3ccccc3)[nH+]1)[I-]c1ccccc1-2. The quantitative estimate of drug-likeness (QED) is 0.339. The fraction of sp³-hybridized carbons (Fsp3) is 0. The molecule has 0 atom stereocenters. The number of hydrogen-bond acceptors (Lipinski definition) is 1. The average molecular weight is 393 g/mol. The Kier molecular flexibility index (Phi) is 2.97. The van der Waals surface area contributed by atoms with Crippen LogP contribution in [0.1, 0.15) is 0 Å². The Morgan fingerprint density at radius 3 is 2.55 bits per heavy atom. The maximum absolute atomic E-state index is 6.19. The molecule has 2 nitrogen and oxygen atoms in total. The molecule has 0 radical (unpaired) electrons. The van der Waals surface area contributed by atoms with Gasteiger partial charge in [0, 0.05) is 0 Å². The summed E-state index contributed by atoms with van der Waals surface area (Å²) in [6, 6.07) is 18.8. The summed E-state index contributed by atoms with van der Waals surface area (Å²) < 4.78 is 2.75. The second-order valence-electron chi connectivity index (χ2n) is 4.51. The van der Waals surface area contributed by atoms with Crippen molar-refractivity contribution in [2.75, 3.05) is 0 Å². The zero-order chi connectivity index (χ0) is 13.5. The Balaban J connectivity index is 1.99. The van der Waals surface area contributed by atoms with Gasteiger partial charge >= 0.3 is 132 Å². The number of aromatic amines is 1. The topological polar surface area (TPSA) is 27.0 Å². The summed E-state index contributed by atoms with van der Waals surface area (Å²) in [6.45, 7) is 0. The summed E-state index contributed by atoms with van der Waals surface area (Å²) in [7, 11) is 0. The normalized spacial score (nSPS) is 12.4. The summed E-state index contributed by atoms with van der Waals surface area (Å²) in [5, 5.41) is 0.448. The van der Waals surface area contributed by atoms with Crippen molar-refractivity contribution in [3.8, 4) is 22.5 Å². The molecule has 4 rings (SSSR count). The molecule has 0 saturated heterocycles. The third kappa shape index (κ3) is 1.93. The Bertz CT molecular complexity index is 803. The van der Waals surface area contributed by atoms with E-state index in [1.165, 1.54) is 18.3 Å². The molecule has 0 saturated carbocycles. The van der Waals surface area contributed by atoms with E-state index in [9.17, 15) is 0 Å². The van der Waals surface area contributed by atoms with Gasteiger partial charge in [0.1, 0.15) is 0 Å². The summed E-state index contributed by atoms with van der Waals surface area (Å²) >= 11 is 5.98. The zero-order valence-electron chi connectivity index (χ0n) is 10.4. The first-order valence-corrected chi connectivity index (χ1v) is 8.79. The van der Waals surface area contributed by atoms with Gasteiger partial charge in [0.05, 0.1) is 0 Å². The van der Waals surface area contributed by atoms with Crippen molar-refractivity contribution < 1.29 is 26.2 Å². The summed E-state index contributed by atoms with van der Waals surface area (Å²) in [6.07, 6.45) is 0. The number of benzene rings is 2. The minimum atomic E-state index is -0.210. The first-order chi connectivity index (χ1) is 9.83. The van der Waals surface area contributed by atoms with E-state index in [-0.39, 0.29) is 21.2 Å². The van der Waals surface area contributed by atoms with E-state index in [0.29, 0.717) is 5.28 Å². The average Bonchev–Trinajstić information content (AvgIpc) is 2.86. The van der Waals surface area contributed by atoms with E-state index in [1.807, 2.05) is 18.2 Å². The van der Waals surface area contributed by atoms with Gasteiger partial charge in [-0.3, -0.25) is 0 Å². The van der Waals surface area contributed by atoms with Crippen molar-refractivity contribution >= 4 is 11.6 Å². The zero-order valence-corrected chi connectivity index (χ0v) is 13.3. The number of rotatable bonds is 1. The summed E-state index contributed by atoms with van der Waals surface area (Å²) in [4.78, 5) is 7.76. The third-order valence-electron chi connectivity index (χ3n) is 3.25. The van der Waals surface area contributed by atoms with Gasteiger partial charge in [-0.15, -0.1) is 0 Å². The second-order valence-corrected chi connectivity index (χ2v) is 7.64. The first-order valence-electron chi connectivity index (χ1n) is 6.25. The molecular weight excluding hydrogens is 383 g/mol. The first kappa shape index (κ1) is 12.3. The van der Waals surface area contributed by atoms with Crippen LogP contribution in [0.4, 0.5) is 0 Å². The van der Waals surface area contributed by atoms with Gasteiger partial charge in [0.25, 0.3) is 0 Å². The second kappa shape index (κ2) is 4.82. The molecule has 0 spiro atoms. The van der Waals surface area contributed by atoms with E-state index in [2.05, 4.69) is 46.4 Å². The molecule has 0 bridgehead atoms. The Hall–Kier alpha value is -1.46. The van der Waals surface area contributed by atoms with Crippen molar-refractivity contribution in [1.29, 1.82) is 0 Å². The van der Waals surface area contributed by atoms with Gasteiger partial charge in [-0.2, -0.15) is 0 Å². The standard InChI is InChI=1S/C16H9ClIN2/c17-16-19-14(10-6-2-1-3-7-10)13-15(20-16)11-8-4-5-9-12(11)18-13/h1-9H/q-1/p+1. The Labute approximate surface area is 132 Å². The van der Waals surface area contributed by atoms with Crippen molar-refractivity contribution in [2.45, 2.75) is 0 Å². The molecule has 20 heavy (non-hydrogen) atoms.